The second-order valence-corrected chi connectivity index (χ2v) is 9.70. The molecule has 1 amide bonds. The highest BCUT2D eigenvalue weighted by Gasteiger charge is 2.31. The second-order valence-electron chi connectivity index (χ2n) is 9.31. The fraction of sp³-hybridized carbons (Fsp3) is 0.370. The lowest BCUT2D eigenvalue weighted by atomic mass is 9.92. The summed E-state index contributed by atoms with van der Waals surface area (Å²) >= 11 is 5.85. The molecule has 1 aromatic carbocycles. The fourth-order valence-electron chi connectivity index (χ4n) is 4.81. The van der Waals surface area contributed by atoms with E-state index in [1.54, 1.807) is 37.2 Å². The Morgan fingerprint density at radius 1 is 1.15 bits per heavy atom. The van der Waals surface area contributed by atoms with Crippen LogP contribution >= 0.6 is 11.6 Å². The van der Waals surface area contributed by atoms with Crippen LogP contribution in [-0.2, 0) is 13.0 Å². The minimum atomic E-state index is -0.523. The monoisotopic (exact) mass is 481 g/mol. The predicted octanol–water partition coefficient (Wildman–Crippen LogP) is 5.54. The third-order valence-electron chi connectivity index (χ3n) is 6.68. The van der Waals surface area contributed by atoms with Crippen molar-refractivity contribution in [1.82, 2.24) is 14.9 Å². The molecule has 3 aromatic rings. The van der Waals surface area contributed by atoms with Gasteiger partial charge in [-0.1, -0.05) is 29.8 Å². The van der Waals surface area contributed by atoms with Crippen molar-refractivity contribution in [3.8, 4) is 0 Å². The minimum Gasteiger partial charge on any atom is -0.388 e. The molecule has 34 heavy (non-hydrogen) atoms. The first-order chi connectivity index (χ1) is 16.3. The third-order valence-corrected chi connectivity index (χ3v) is 6.91. The Balaban J connectivity index is 1.31. The number of aliphatic hydroxyl groups is 1. The highest BCUT2D eigenvalue weighted by atomic mass is 35.5. The van der Waals surface area contributed by atoms with E-state index >= 15 is 0 Å². The Labute approximate surface area is 204 Å². The third kappa shape index (κ3) is 5.80. The molecule has 0 bridgehead atoms. The summed E-state index contributed by atoms with van der Waals surface area (Å²) in [6.07, 6.45) is 6.52. The maximum atomic E-state index is 13.4. The molecule has 0 spiro atoms. The van der Waals surface area contributed by atoms with Gasteiger partial charge in [-0.25, -0.2) is 9.97 Å². The van der Waals surface area contributed by atoms with Gasteiger partial charge in [0.2, 0.25) is 5.95 Å². The molecule has 3 atom stereocenters. The van der Waals surface area contributed by atoms with Crippen LogP contribution in [0.2, 0.25) is 5.15 Å². The topological polar surface area (TPSA) is 66.3 Å². The van der Waals surface area contributed by atoms with Crippen molar-refractivity contribution in [2.45, 2.75) is 45.3 Å². The van der Waals surface area contributed by atoms with E-state index in [-0.39, 0.29) is 11.8 Å². The molecule has 1 N–H and O–H groups in total. The van der Waals surface area contributed by atoms with E-state index in [9.17, 15) is 14.3 Å². The van der Waals surface area contributed by atoms with Gasteiger partial charge < -0.3 is 10.0 Å². The number of hydrogen-bond donors (Lipinski definition) is 1. The minimum absolute atomic E-state index is 0.0887. The summed E-state index contributed by atoms with van der Waals surface area (Å²) in [7, 11) is 1.73. The van der Waals surface area contributed by atoms with Gasteiger partial charge in [-0.05, 0) is 85.4 Å². The van der Waals surface area contributed by atoms with E-state index in [1.165, 1.54) is 11.8 Å². The first-order valence-electron chi connectivity index (χ1n) is 11.5. The SMILES string of the molecule is Cc1cc(CN(C)C(=O)c2ccc(C[C@@H]3CC[C@H]([C@H](O)c4ccc(Cl)nc4)C3)cc2)cnc1F. The summed E-state index contributed by atoms with van der Waals surface area (Å²) in [6.45, 7) is 2.03. The van der Waals surface area contributed by atoms with Crippen LogP contribution in [0.25, 0.3) is 0 Å². The molecule has 2 heterocycles. The number of carbonyl (C=O) groups is 1. The first kappa shape index (κ1) is 24.3. The van der Waals surface area contributed by atoms with Crippen LogP contribution in [0.15, 0.2) is 54.9 Å². The largest absolute Gasteiger partial charge is 0.388 e. The van der Waals surface area contributed by atoms with Gasteiger partial charge >= 0.3 is 0 Å². The van der Waals surface area contributed by atoms with Gasteiger partial charge in [0, 0.05) is 37.1 Å². The number of aliphatic hydroxyl groups excluding tert-OH is 1. The summed E-state index contributed by atoms with van der Waals surface area (Å²) in [4.78, 5) is 22.2. The molecule has 0 aliphatic heterocycles. The van der Waals surface area contributed by atoms with E-state index in [0.29, 0.717) is 28.7 Å². The van der Waals surface area contributed by atoms with Crippen molar-refractivity contribution in [1.29, 1.82) is 0 Å². The number of carbonyl (C=O) groups excluding carboxylic acids is 1. The summed E-state index contributed by atoms with van der Waals surface area (Å²) < 4.78 is 13.4. The number of halogens is 2. The van der Waals surface area contributed by atoms with Gasteiger partial charge in [0.1, 0.15) is 5.15 Å². The van der Waals surface area contributed by atoms with Crippen molar-refractivity contribution in [2.24, 2.45) is 11.8 Å². The van der Waals surface area contributed by atoms with Crippen molar-refractivity contribution in [2.75, 3.05) is 7.05 Å². The smallest absolute Gasteiger partial charge is 0.253 e. The van der Waals surface area contributed by atoms with Crippen LogP contribution in [0.4, 0.5) is 4.39 Å². The Hall–Kier alpha value is -2.83. The molecule has 1 saturated carbocycles. The van der Waals surface area contributed by atoms with E-state index in [2.05, 4.69) is 9.97 Å². The zero-order chi connectivity index (χ0) is 24.2. The quantitative estimate of drug-likeness (QED) is 0.450. The highest BCUT2D eigenvalue weighted by Crippen LogP contribution is 2.40. The standard InChI is InChI=1S/C27H29ClFN3O2/c1-17-11-20(14-31-26(17)29)16-32(2)27(34)21-6-3-18(4-7-21)12-19-5-8-22(13-19)25(33)23-9-10-24(28)30-15-23/h3-4,6-7,9-11,14-15,19,22,25,33H,5,8,12-13,16H2,1-2H3/t19-,22-,25-/m0/s1. The van der Waals surface area contributed by atoms with Gasteiger partial charge in [0.25, 0.3) is 5.91 Å². The molecular formula is C27H29ClFN3O2. The molecule has 0 radical (unpaired) electrons. The number of pyridine rings is 2. The van der Waals surface area contributed by atoms with Crippen molar-refractivity contribution >= 4 is 17.5 Å². The molecule has 4 rings (SSSR count). The maximum absolute atomic E-state index is 13.4. The van der Waals surface area contributed by atoms with Crippen molar-refractivity contribution < 1.29 is 14.3 Å². The van der Waals surface area contributed by atoms with Crippen LogP contribution in [0.5, 0.6) is 0 Å². The number of amides is 1. The summed E-state index contributed by atoms with van der Waals surface area (Å²) in [5.74, 6) is 0.137. The summed E-state index contributed by atoms with van der Waals surface area (Å²) in [5, 5.41) is 11.2. The summed E-state index contributed by atoms with van der Waals surface area (Å²) in [6, 6.07) is 13.0. The Morgan fingerprint density at radius 2 is 1.91 bits per heavy atom. The lowest BCUT2D eigenvalue weighted by Crippen LogP contribution is -2.26. The normalized spacial score (nSPS) is 18.6. The molecular weight excluding hydrogens is 453 g/mol. The number of benzene rings is 1. The van der Waals surface area contributed by atoms with Gasteiger partial charge in [0.05, 0.1) is 6.10 Å². The second kappa shape index (κ2) is 10.6. The Bertz CT molecular complexity index is 1140. The highest BCUT2D eigenvalue weighted by molar-refractivity contribution is 6.29. The van der Waals surface area contributed by atoms with Gasteiger partial charge in [-0.15, -0.1) is 0 Å². The van der Waals surface area contributed by atoms with Crippen molar-refractivity contribution in [3.05, 3.63) is 93.8 Å². The van der Waals surface area contributed by atoms with Gasteiger partial charge in [-0.3, -0.25) is 4.79 Å². The van der Waals surface area contributed by atoms with E-state index in [0.717, 1.165) is 36.8 Å². The lowest BCUT2D eigenvalue weighted by molar-refractivity contribution is 0.0785. The van der Waals surface area contributed by atoms with Crippen LogP contribution in [0, 0.1) is 24.7 Å². The Kier molecular flexibility index (Phi) is 7.59. The molecule has 1 aliphatic rings. The molecule has 0 saturated heterocycles. The van der Waals surface area contributed by atoms with E-state index in [1.807, 2.05) is 30.3 Å². The van der Waals surface area contributed by atoms with Crippen molar-refractivity contribution in [3.63, 3.8) is 0 Å². The number of aromatic nitrogens is 2. The molecule has 178 valence electrons. The van der Waals surface area contributed by atoms with Crippen LogP contribution in [0.3, 0.4) is 0 Å². The lowest BCUT2D eigenvalue weighted by Gasteiger charge is -2.19. The molecule has 1 fully saturated rings. The number of nitrogens with zero attached hydrogens (tertiary/aromatic N) is 3. The van der Waals surface area contributed by atoms with Crippen LogP contribution < -0.4 is 0 Å². The van der Waals surface area contributed by atoms with Crippen LogP contribution in [-0.4, -0.2) is 32.9 Å². The first-order valence-corrected chi connectivity index (χ1v) is 11.9. The van der Waals surface area contributed by atoms with E-state index in [4.69, 9.17) is 11.6 Å². The molecule has 5 nitrogen and oxygen atoms in total. The van der Waals surface area contributed by atoms with Gasteiger partial charge in [0.15, 0.2) is 0 Å². The molecule has 2 aromatic heterocycles. The zero-order valence-electron chi connectivity index (χ0n) is 19.4. The number of rotatable bonds is 7. The van der Waals surface area contributed by atoms with Crippen LogP contribution in [0.1, 0.15) is 58.0 Å². The average molecular weight is 482 g/mol. The zero-order valence-corrected chi connectivity index (χ0v) is 20.2. The maximum Gasteiger partial charge on any atom is 0.253 e. The average Bonchev–Trinajstić information content (AvgIpc) is 3.30. The molecule has 0 unspecified atom stereocenters. The van der Waals surface area contributed by atoms with Gasteiger partial charge in [-0.2, -0.15) is 4.39 Å². The fourth-order valence-corrected chi connectivity index (χ4v) is 4.92. The number of aryl methyl sites for hydroxylation is 1. The predicted molar refractivity (Wildman–Crippen MR) is 130 cm³/mol. The number of hydrogen-bond acceptors (Lipinski definition) is 4. The molecule has 1 aliphatic carbocycles. The molecule has 7 heteroatoms. The van der Waals surface area contributed by atoms with E-state index < -0.39 is 12.1 Å². The Morgan fingerprint density at radius 3 is 2.59 bits per heavy atom. The summed E-state index contributed by atoms with van der Waals surface area (Å²) in [5.41, 5.74) is 3.88.